The molecule has 202 valence electrons. The van der Waals surface area contributed by atoms with E-state index in [4.69, 9.17) is 0 Å². The molecule has 0 amide bonds. The highest BCUT2D eigenvalue weighted by atomic mass is 16.4. The molecule has 0 aliphatic carbocycles. The summed E-state index contributed by atoms with van der Waals surface area (Å²) in [5.41, 5.74) is 9.14. The number of pyridine rings is 1. The van der Waals surface area contributed by atoms with Gasteiger partial charge in [0.25, 0.3) is 0 Å². The summed E-state index contributed by atoms with van der Waals surface area (Å²) in [4.78, 5) is 15.5. The third-order valence-electron chi connectivity index (χ3n) is 8.35. The normalized spacial score (nSPS) is 12.3. The van der Waals surface area contributed by atoms with Crippen LogP contribution in [0.1, 0.15) is 92.3 Å². The first-order chi connectivity index (χ1) is 18.0. The molecule has 0 aliphatic heterocycles. The second kappa shape index (κ2) is 12.1. The standard InChI is InChI=1S/C34H43NO3/c1-8-33(38,9-2)15-14-27-12-13-29(16-23(27)5)34(10-3,11-4)30-17-24(6)32(25(7)18-30)28-19-26(20-31(36)37)21-35-22-28/h12-19,21-22,38H,8-11,20H2,1-7H3,(H,36,37). The van der Waals surface area contributed by atoms with Crippen molar-refractivity contribution in [3.8, 4) is 11.1 Å². The van der Waals surface area contributed by atoms with Crippen molar-refractivity contribution >= 4 is 12.0 Å². The molecular formula is C34H43NO3. The summed E-state index contributed by atoms with van der Waals surface area (Å²) >= 11 is 0. The van der Waals surface area contributed by atoms with Gasteiger partial charge in [0.05, 0.1) is 12.0 Å². The molecule has 2 N–H and O–H groups in total. The molecule has 4 nitrogen and oxygen atoms in total. The molecule has 0 radical (unpaired) electrons. The van der Waals surface area contributed by atoms with Crippen molar-refractivity contribution in [2.45, 2.75) is 91.6 Å². The second-order valence-corrected chi connectivity index (χ2v) is 10.6. The van der Waals surface area contributed by atoms with E-state index in [9.17, 15) is 15.0 Å². The summed E-state index contributed by atoms with van der Waals surface area (Å²) in [6.07, 6.45) is 10.7. The molecule has 0 bridgehead atoms. The molecule has 4 heteroatoms. The van der Waals surface area contributed by atoms with Crippen molar-refractivity contribution < 1.29 is 15.0 Å². The van der Waals surface area contributed by atoms with Gasteiger partial charge in [0, 0.05) is 23.4 Å². The molecule has 0 fully saturated rings. The molecule has 1 aromatic heterocycles. The van der Waals surface area contributed by atoms with Crippen LogP contribution in [0.4, 0.5) is 0 Å². The number of carboxylic acids is 1. The van der Waals surface area contributed by atoms with Gasteiger partial charge in [0.1, 0.15) is 0 Å². The first-order valence-corrected chi connectivity index (χ1v) is 13.8. The number of aliphatic carboxylic acids is 1. The quantitative estimate of drug-likeness (QED) is 0.273. The van der Waals surface area contributed by atoms with Gasteiger partial charge < -0.3 is 10.2 Å². The molecule has 38 heavy (non-hydrogen) atoms. The maximum absolute atomic E-state index is 11.2. The van der Waals surface area contributed by atoms with Gasteiger partial charge in [0.15, 0.2) is 0 Å². The lowest BCUT2D eigenvalue weighted by Crippen LogP contribution is -2.26. The predicted octanol–water partition coefficient (Wildman–Crippen LogP) is 7.97. The Balaban J connectivity index is 2.06. The van der Waals surface area contributed by atoms with E-state index in [2.05, 4.69) is 76.0 Å². The molecule has 0 saturated carbocycles. The van der Waals surface area contributed by atoms with Crippen molar-refractivity contribution in [2.24, 2.45) is 0 Å². The van der Waals surface area contributed by atoms with Gasteiger partial charge in [0.2, 0.25) is 0 Å². The van der Waals surface area contributed by atoms with Crippen LogP contribution in [0.15, 0.2) is 54.9 Å². The first-order valence-electron chi connectivity index (χ1n) is 13.8. The largest absolute Gasteiger partial charge is 0.481 e. The van der Waals surface area contributed by atoms with Crippen LogP contribution in [-0.2, 0) is 16.6 Å². The molecule has 1 heterocycles. The number of carbonyl (C=O) groups is 1. The highest BCUT2D eigenvalue weighted by Crippen LogP contribution is 2.42. The van der Waals surface area contributed by atoms with E-state index in [0.29, 0.717) is 18.4 Å². The summed E-state index contributed by atoms with van der Waals surface area (Å²) in [6, 6.07) is 13.3. The average Bonchev–Trinajstić information content (AvgIpc) is 2.88. The van der Waals surface area contributed by atoms with Crippen LogP contribution in [-0.4, -0.2) is 26.8 Å². The minimum atomic E-state index is -0.855. The average molecular weight is 514 g/mol. The summed E-state index contributed by atoms with van der Waals surface area (Å²) in [7, 11) is 0. The van der Waals surface area contributed by atoms with Crippen molar-refractivity contribution in [1.29, 1.82) is 0 Å². The van der Waals surface area contributed by atoms with Gasteiger partial charge in [-0.05, 0) is 97.0 Å². The highest BCUT2D eigenvalue weighted by molar-refractivity contribution is 5.74. The summed E-state index contributed by atoms with van der Waals surface area (Å²) in [5, 5.41) is 19.9. The Morgan fingerprint density at radius 3 is 1.97 bits per heavy atom. The van der Waals surface area contributed by atoms with E-state index in [1.54, 1.807) is 6.20 Å². The highest BCUT2D eigenvalue weighted by Gasteiger charge is 2.32. The lowest BCUT2D eigenvalue weighted by atomic mass is 9.69. The molecule has 0 atom stereocenters. The van der Waals surface area contributed by atoms with E-state index in [0.717, 1.165) is 40.7 Å². The first kappa shape index (κ1) is 29.3. The Morgan fingerprint density at radius 1 is 0.842 bits per heavy atom. The minimum Gasteiger partial charge on any atom is -0.481 e. The third kappa shape index (κ3) is 6.07. The van der Waals surface area contributed by atoms with Crippen molar-refractivity contribution in [3.05, 3.63) is 93.8 Å². The third-order valence-corrected chi connectivity index (χ3v) is 8.35. The summed E-state index contributed by atoms with van der Waals surface area (Å²) in [5.74, 6) is -0.855. The van der Waals surface area contributed by atoms with E-state index in [1.165, 1.54) is 16.7 Å². The number of hydrogen-bond acceptors (Lipinski definition) is 3. The number of aliphatic hydroxyl groups is 1. The number of aryl methyl sites for hydroxylation is 3. The fourth-order valence-corrected chi connectivity index (χ4v) is 5.71. The van der Waals surface area contributed by atoms with Gasteiger partial charge in [-0.1, -0.05) is 70.2 Å². The van der Waals surface area contributed by atoms with Crippen molar-refractivity contribution in [3.63, 3.8) is 0 Å². The zero-order valence-corrected chi connectivity index (χ0v) is 24.1. The Hall–Kier alpha value is -3.24. The Labute approximate surface area is 228 Å². The van der Waals surface area contributed by atoms with Gasteiger partial charge in [-0.2, -0.15) is 0 Å². The van der Waals surface area contributed by atoms with Crippen LogP contribution < -0.4 is 0 Å². The van der Waals surface area contributed by atoms with Gasteiger partial charge in [-0.3, -0.25) is 9.78 Å². The zero-order valence-electron chi connectivity index (χ0n) is 24.1. The van der Waals surface area contributed by atoms with Crippen LogP contribution in [0.5, 0.6) is 0 Å². The number of hydrogen-bond donors (Lipinski definition) is 2. The Morgan fingerprint density at radius 2 is 1.45 bits per heavy atom. The molecule has 2 aromatic carbocycles. The molecular weight excluding hydrogens is 470 g/mol. The maximum Gasteiger partial charge on any atom is 0.307 e. The van der Waals surface area contributed by atoms with Gasteiger partial charge >= 0.3 is 5.97 Å². The van der Waals surface area contributed by atoms with Crippen LogP contribution in [0.3, 0.4) is 0 Å². The number of nitrogens with zero attached hydrogens (tertiary/aromatic N) is 1. The van der Waals surface area contributed by atoms with Crippen LogP contribution in [0.25, 0.3) is 17.2 Å². The number of rotatable bonds is 11. The molecule has 3 rings (SSSR count). The molecule has 0 aliphatic rings. The maximum atomic E-state index is 11.2. The van der Waals surface area contributed by atoms with E-state index >= 15 is 0 Å². The molecule has 0 unspecified atom stereocenters. The van der Waals surface area contributed by atoms with Gasteiger partial charge in [-0.25, -0.2) is 0 Å². The number of aromatic nitrogens is 1. The topological polar surface area (TPSA) is 70.4 Å². The van der Waals surface area contributed by atoms with Crippen molar-refractivity contribution in [2.75, 3.05) is 0 Å². The summed E-state index contributed by atoms with van der Waals surface area (Å²) in [6.45, 7) is 15.0. The summed E-state index contributed by atoms with van der Waals surface area (Å²) < 4.78 is 0. The zero-order chi connectivity index (χ0) is 28.1. The SMILES string of the molecule is CCC(O)(C=Cc1ccc(C(CC)(CC)c2cc(C)c(-c3cncc(CC(=O)O)c3)c(C)c2)cc1C)CC. The van der Waals surface area contributed by atoms with E-state index in [-0.39, 0.29) is 11.8 Å². The fourth-order valence-electron chi connectivity index (χ4n) is 5.71. The Kier molecular flexibility index (Phi) is 9.32. The van der Waals surface area contributed by atoms with Crippen LogP contribution in [0.2, 0.25) is 0 Å². The van der Waals surface area contributed by atoms with Crippen molar-refractivity contribution in [1.82, 2.24) is 4.98 Å². The minimum absolute atomic E-state index is 0.0352. The number of benzene rings is 2. The van der Waals surface area contributed by atoms with Crippen LogP contribution >= 0.6 is 0 Å². The molecule has 0 saturated heterocycles. The monoisotopic (exact) mass is 513 g/mol. The smallest absolute Gasteiger partial charge is 0.307 e. The van der Waals surface area contributed by atoms with Gasteiger partial charge in [-0.15, -0.1) is 0 Å². The lowest BCUT2D eigenvalue weighted by Gasteiger charge is -2.35. The number of carboxylic acid groups (broad SMARTS) is 1. The second-order valence-electron chi connectivity index (χ2n) is 10.6. The Bertz CT molecular complexity index is 1290. The lowest BCUT2D eigenvalue weighted by molar-refractivity contribution is -0.136. The molecule has 0 spiro atoms. The fraction of sp³-hybridized carbons (Fsp3) is 0.412. The van der Waals surface area contributed by atoms with Crippen LogP contribution in [0, 0.1) is 20.8 Å². The predicted molar refractivity (Wildman–Crippen MR) is 158 cm³/mol. The van der Waals surface area contributed by atoms with E-state index < -0.39 is 11.6 Å². The van der Waals surface area contributed by atoms with E-state index in [1.807, 2.05) is 32.2 Å². The molecule has 3 aromatic rings.